The van der Waals surface area contributed by atoms with Gasteiger partial charge in [-0.3, -0.25) is 0 Å². The second kappa shape index (κ2) is 7.34. The van der Waals surface area contributed by atoms with E-state index in [1.54, 1.807) is 0 Å². The Kier molecular flexibility index (Phi) is 5.75. The van der Waals surface area contributed by atoms with Gasteiger partial charge in [0, 0.05) is 11.0 Å². The van der Waals surface area contributed by atoms with Crippen molar-refractivity contribution in [2.24, 2.45) is 0 Å². The van der Waals surface area contributed by atoms with E-state index in [-0.39, 0.29) is 12.8 Å². The minimum absolute atomic E-state index is 0.0427. The van der Waals surface area contributed by atoms with Gasteiger partial charge in [-0.05, 0) is 24.5 Å². The Labute approximate surface area is 133 Å². The van der Waals surface area contributed by atoms with E-state index in [0.717, 1.165) is 36.0 Å². The zero-order chi connectivity index (χ0) is 14.5. The fourth-order valence-corrected chi connectivity index (χ4v) is 3.13. The summed E-state index contributed by atoms with van der Waals surface area (Å²) >= 11 is 9.78. The molecule has 1 aliphatic rings. The lowest BCUT2D eigenvalue weighted by Crippen LogP contribution is -2.37. The summed E-state index contributed by atoms with van der Waals surface area (Å²) in [5.41, 5.74) is 1.97. The number of aliphatic hydroxyl groups is 1. The Morgan fingerprint density at radius 3 is 2.80 bits per heavy atom. The number of halogens is 2. The summed E-state index contributed by atoms with van der Waals surface area (Å²) in [6.07, 6.45) is 3.46. The number of nitrogens with zero attached hydrogens (tertiary/aromatic N) is 1. The van der Waals surface area contributed by atoms with E-state index in [1.807, 2.05) is 18.2 Å². The van der Waals surface area contributed by atoms with Crippen LogP contribution in [0.25, 0.3) is 0 Å². The first kappa shape index (κ1) is 15.7. The summed E-state index contributed by atoms with van der Waals surface area (Å²) in [7, 11) is 0. The van der Waals surface area contributed by atoms with Crippen molar-refractivity contribution in [1.29, 1.82) is 0 Å². The lowest BCUT2D eigenvalue weighted by atomic mass is 10.1. The van der Waals surface area contributed by atoms with Crippen LogP contribution in [0, 0.1) is 0 Å². The Balaban J connectivity index is 2.17. The minimum Gasteiger partial charge on any atom is -0.390 e. The van der Waals surface area contributed by atoms with Crippen LogP contribution in [0.15, 0.2) is 39.6 Å². The molecule has 0 fully saturated rings. The van der Waals surface area contributed by atoms with Crippen molar-refractivity contribution in [2.45, 2.75) is 38.9 Å². The van der Waals surface area contributed by atoms with Crippen LogP contribution in [0.1, 0.15) is 31.7 Å². The number of benzene rings is 1. The van der Waals surface area contributed by atoms with Crippen LogP contribution in [-0.2, 0) is 6.54 Å². The molecule has 0 aromatic heterocycles. The Hall–Kier alpha value is -0.710. The molecule has 2 N–H and O–H groups in total. The molecule has 0 saturated carbocycles. The smallest absolute Gasteiger partial charge is 0.125 e. The van der Waals surface area contributed by atoms with Crippen molar-refractivity contribution in [2.75, 3.05) is 6.61 Å². The third-order valence-corrected chi connectivity index (χ3v) is 4.65. The zero-order valence-electron chi connectivity index (χ0n) is 11.6. The molecular weight excluding hydrogens is 340 g/mol. The fraction of sp³-hybridized carbons (Fsp3) is 0.467. The Bertz CT molecular complexity index is 493. The number of unbranched alkanes of at least 4 members (excludes halogenated alkanes) is 1. The normalized spacial score (nSPS) is 18.6. The molecule has 3 nitrogen and oxygen atoms in total. The summed E-state index contributed by atoms with van der Waals surface area (Å²) < 4.78 is 1.08. The summed E-state index contributed by atoms with van der Waals surface area (Å²) in [5, 5.41) is 13.4. The van der Waals surface area contributed by atoms with Gasteiger partial charge in [0.25, 0.3) is 0 Å². The second-order valence-corrected chi connectivity index (χ2v) is 6.17. The molecule has 0 saturated heterocycles. The van der Waals surface area contributed by atoms with Crippen LogP contribution in [-0.4, -0.2) is 22.8 Å². The molecule has 110 valence electrons. The predicted molar refractivity (Wildman–Crippen MR) is 86.1 cm³/mol. The van der Waals surface area contributed by atoms with Gasteiger partial charge in [-0.2, -0.15) is 0 Å². The fourth-order valence-electron chi connectivity index (χ4n) is 2.42. The van der Waals surface area contributed by atoms with E-state index in [4.69, 9.17) is 11.6 Å². The Morgan fingerprint density at radius 1 is 1.40 bits per heavy atom. The average molecular weight is 360 g/mol. The first-order valence-corrected chi connectivity index (χ1v) is 8.10. The molecule has 1 aliphatic heterocycles. The van der Waals surface area contributed by atoms with Crippen molar-refractivity contribution in [3.8, 4) is 0 Å². The van der Waals surface area contributed by atoms with Crippen LogP contribution in [0.5, 0.6) is 0 Å². The monoisotopic (exact) mass is 358 g/mol. The standard InChI is InChI=1S/C15H20BrClN2O/c1-2-3-8-14-18-15(17)13(10-20)19(14)9-11-6-4-5-7-12(11)16/h4-7,14,18,20H,2-3,8-10H2,1H3. The van der Waals surface area contributed by atoms with Crippen molar-refractivity contribution in [3.63, 3.8) is 0 Å². The topological polar surface area (TPSA) is 35.5 Å². The molecule has 0 spiro atoms. The van der Waals surface area contributed by atoms with Crippen LogP contribution >= 0.6 is 27.5 Å². The van der Waals surface area contributed by atoms with Gasteiger partial charge in [0.15, 0.2) is 0 Å². The van der Waals surface area contributed by atoms with E-state index < -0.39 is 0 Å². The van der Waals surface area contributed by atoms with Gasteiger partial charge in [0.05, 0.1) is 18.5 Å². The van der Waals surface area contributed by atoms with Gasteiger partial charge in [0.1, 0.15) is 5.16 Å². The Morgan fingerprint density at radius 2 is 2.15 bits per heavy atom. The van der Waals surface area contributed by atoms with E-state index in [9.17, 15) is 5.11 Å². The van der Waals surface area contributed by atoms with Crippen molar-refractivity contribution < 1.29 is 5.11 Å². The zero-order valence-corrected chi connectivity index (χ0v) is 13.9. The molecule has 0 radical (unpaired) electrons. The average Bonchev–Trinajstić information content (AvgIpc) is 2.74. The first-order chi connectivity index (χ1) is 9.67. The maximum absolute atomic E-state index is 9.56. The van der Waals surface area contributed by atoms with Gasteiger partial charge in [0.2, 0.25) is 0 Å². The van der Waals surface area contributed by atoms with Crippen molar-refractivity contribution >= 4 is 27.5 Å². The molecular formula is C15H20BrClN2O. The van der Waals surface area contributed by atoms with Crippen molar-refractivity contribution in [1.82, 2.24) is 10.2 Å². The van der Waals surface area contributed by atoms with E-state index in [2.05, 4.69) is 39.1 Å². The second-order valence-electron chi connectivity index (χ2n) is 4.94. The van der Waals surface area contributed by atoms with Gasteiger partial charge in [-0.15, -0.1) is 0 Å². The number of hydrogen-bond acceptors (Lipinski definition) is 3. The predicted octanol–water partition coefficient (Wildman–Crippen LogP) is 3.77. The quantitative estimate of drug-likeness (QED) is 0.759. The molecule has 20 heavy (non-hydrogen) atoms. The van der Waals surface area contributed by atoms with E-state index in [1.165, 1.54) is 5.56 Å². The van der Waals surface area contributed by atoms with Crippen LogP contribution in [0.2, 0.25) is 0 Å². The number of rotatable bonds is 6. The maximum atomic E-state index is 9.56. The molecule has 1 aromatic carbocycles. The van der Waals surface area contributed by atoms with Gasteiger partial charge >= 0.3 is 0 Å². The SMILES string of the molecule is CCCCC1NC(Cl)=C(CO)N1Cc1ccccc1Br. The van der Waals surface area contributed by atoms with E-state index >= 15 is 0 Å². The molecule has 0 aliphatic carbocycles. The molecule has 1 unspecified atom stereocenters. The van der Waals surface area contributed by atoms with Gasteiger partial charge in [-0.1, -0.05) is 59.1 Å². The maximum Gasteiger partial charge on any atom is 0.125 e. The molecule has 5 heteroatoms. The number of hydrogen-bond donors (Lipinski definition) is 2. The van der Waals surface area contributed by atoms with E-state index in [0.29, 0.717) is 5.16 Å². The van der Waals surface area contributed by atoms with Crippen LogP contribution in [0.4, 0.5) is 0 Å². The highest BCUT2D eigenvalue weighted by Gasteiger charge is 2.29. The van der Waals surface area contributed by atoms with Crippen molar-refractivity contribution in [3.05, 3.63) is 45.2 Å². The molecule has 2 rings (SSSR count). The highest BCUT2D eigenvalue weighted by atomic mass is 79.9. The molecule has 0 amide bonds. The summed E-state index contributed by atoms with van der Waals surface area (Å²) in [6.45, 7) is 2.86. The van der Waals surface area contributed by atoms with Gasteiger partial charge < -0.3 is 15.3 Å². The molecule has 1 atom stereocenters. The highest BCUT2D eigenvalue weighted by molar-refractivity contribution is 9.10. The third-order valence-electron chi connectivity index (χ3n) is 3.55. The molecule has 1 heterocycles. The highest BCUT2D eigenvalue weighted by Crippen LogP contribution is 2.29. The first-order valence-electron chi connectivity index (χ1n) is 6.93. The van der Waals surface area contributed by atoms with Gasteiger partial charge in [-0.25, -0.2) is 0 Å². The van der Waals surface area contributed by atoms with Crippen LogP contribution < -0.4 is 5.32 Å². The third kappa shape index (κ3) is 3.48. The summed E-state index contributed by atoms with van der Waals surface area (Å²) in [6, 6.07) is 8.14. The summed E-state index contributed by atoms with van der Waals surface area (Å²) in [4.78, 5) is 2.16. The van der Waals surface area contributed by atoms with Crippen LogP contribution in [0.3, 0.4) is 0 Å². The lowest BCUT2D eigenvalue weighted by Gasteiger charge is -2.29. The molecule has 1 aromatic rings. The molecule has 0 bridgehead atoms. The number of aliphatic hydroxyl groups excluding tert-OH is 1. The largest absolute Gasteiger partial charge is 0.390 e. The number of nitrogens with one attached hydrogen (secondary N) is 1. The lowest BCUT2D eigenvalue weighted by molar-refractivity contribution is 0.197. The summed E-state index contributed by atoms with van der Waals surface area (Å²) in [5.74, 6) is 0. The minimum atomic E-state index is -0.0427.